The first-order valence-corrected chi connectivity index (χ1v) is 9.44. The molecule has 9 heteroatoms. The molecule has 3 aromatic rings. The van der Waals surface area contributed by atoms with Gasteiger partial charge in [-0.15, -0.1) is 11.3 Å². The van der Waals surface area contributed by atoms with Gasteiger partial charge in [0, 0.05) is 25.5 Å². The van der Waals surface area contributed by atoms with Crippen molar-refractivity contribution in [1.29, 1.82) is 0 Å². The van der Waals surface area contributed by atoms with Crippen LogP contribution in [0.1, 0.15) is 0 Å². The molecule has 0 saturated heterocycles. The Morgan fingerprint density at radius 1 is 1.29 bits per heavy atom. The standard InChI is InChI=1S/C15H15FN4O2S2/c1-20(24(21,22)14-3-2-8-23-14)7-6-17-15-12-9-11(16)4-5-13(12)18-10-19-15/h2-5,8-10H,6-7H2,1H3,(H,17,18,19). The number of rotatable bonds is 6. The molecule has 3 rings (SSSR count). The molecule has 0 amide bonds. The van der Waals surface area contributed by atoms with Crippen LogP contribution in [0.4, 0.5) is 10.2 Å². The van der Waals surface area contributed by atoms with Crippen LogP contribution in [0.3, 0.4) is 0 Å². The fourth-order valence-corrected chi connectivity index (χ4v) is 4.56. The molecule has 0 atom stereocenters. The van der Waals surface area contributed by atoms with Crippen molar-refractivity contribution in [1.82, 2.24) is 14.3 Å². The van der Waals surface area contributed by atoms with Gasteiger partial charge >= 0.3 is 0 Å². The second-order valence-corrected chi connectivity index (χ2v) is 8.29. The predicted molar refractivity (Wildman–Crippen MR) is 92.1 cm³/mol. The van der Waals surface area contributed by atoms with Crippen molar-refractivity contribution >= 4 is 38.1 Å². The molecule has 0 aliphatic heterocycles. The van der Waals surface area contributed by atoms with Crippen LogP contribution in [0.25, 0.3) is 10.9 Å². The highest BCUT2D eigenvalue weighted by molar-refractivity contribution is 7.91. The maximum Gasteiger partial charge on any atom is 0.252 e. The zero-order chi connectivity index (χ0) is 17.2. The number of thiophene rings is 1. The minimum absolute atomic E-state index is 0.251. The van der Waals surface area contributed by atoms with Gasteiger partial charge < -0.3 is 5.32 Å². The lowest BCUT2D eigenvalue weighted by atomic mass is 10.2. The number of likely N-dealkylation sites (N-methyl/N-ethyl adjacent to an activating group) is 1. The van der Waals surface area contributed by atoms with Crippen LogP contribution in [0, 0.1) is 5.82 Å². The maximum atomic E-state index is 13.4. The van der Waals surface area contributed by atoms with Crippen LogP contribution in [0.2, 0.25) is 0 Å². The fourth-order valence-electron chi connectivity index (χ4n) is 2.19. The third kappa shape index (κ3) is 3.37. The van der Waals surface area contributed by atoms with Gasteiger partial charge in [0.15, 0.2) is 0 Å². The Bertz CT molecular complexity index is 945. The van der Waals surface area contributed by atoms with Crippen molar-refractivity contribution in [2.24, 2.45) is 0 Å². The molecule has 24 heavy (non-hydrogen) atoms. The van der Waals surface area contributed by atoms with E-state index in [0.29, 0.717) is 27.5 Å². The number of halogens is 1. The largest absolute Gasteiger partial charge is 0.368 e. The monoisotopic (exact) mass is 366 g/mol. The topological polar surface area (TPSA) is 75.2 Å². The highest BCUT2D eigenvalue weighted by atomic mass is 32.2. The van der Waals surface area contributed by atoms with Gasteiger partial charge in [0.1, 0.15) is 22.2 Å². The van der Waals surface area contributed by atoms with Crippen LogP contribution >= 0.6 is 11.3 Å². The lowest BCUT2D eigenvalue weighted by Gasteiger charge is -2.16. The first-order chi connectivity index (χ1) is 11.5. The third-order valence-corrected chi connectivity index (χ3v) is 6.71. The van der Waals surface area contributed by atoms with Gasteiger partial charge in [0.2, 0.25) is 0 Å². The highest BCUT2D eigenvalue weighted by Gasteiger charge is 2.21. The van der Waals surface area contributed by atoms with Crippen molar-refractivity contribution in [2.75, 3.05) is 25.5 Å². The van der Waals surface area contributed by atoms with E-state index in [0.717, 1.165) is 0 Å². The van der Waals surface area contributed by atoms with Gasteiger partial charge in [-0.1, -0.05) is 6.07 Å². The fraction of sp³-hybridized carbons (Fsp3) is 0.200. The average molecular weight is 366 g/mol. The molecule has 0 spiro atoms. The molecule has 126 valence electrons. The molecule has 0 fully saturated rings. The number of fused-ring (bicyclic) bond motifs is 1. The molecule has 0 aliphatic carbocycles. The van der Waals surface area contributed by atoms with Gasteiger partial charge in [-0.2, -0.15) is 4.31 Å². The molecule has 0 unspecified atom stereocenters. The summed E-state index contributed by atoms with van der Waals surface area (Å²) in [6, 6.07) is 7.53. The zero-order valence-corrected chi connectivity index (χ0v) is 14.4. The second-order valence-electron chi connectivity index (χ2n) is 5.07. The Morgan fingerprint density at radius 2 is 2.12 bits per heavy atom. The highest BCUT2D eigenvalue weighted by Crippen LogP contribution is 2.21. The Hall–Kier alpha value is -2.10. The summed E-state index contributed by atoms with van der Waals surface area (Å²) in [5, 5.41) is 5.32. The quantitative estimate of drug-likeness (QED) is 0.726. The summed E-state index contributed by atoms with van der Waals surface area (Å²) in [5.74, 6) is 0.0964. The number of hydrogen-bond donors (Lipinski definition) is 1. The Kier molecular flexibility index (Phi) is 4.74. The Balaban J connectivity index is 1.70. The molecule has 6 nitrogen and oxygen atoms in total. The minimum Gasteiger partial charge on any atom is -0.368 e. The molecule has 2 aromatic heterocycles. The summed E-state index contributed by atoms with van der Waals surface area (Å²) < 4.78 is 39.6. The number of anilines is 1. The van der Waals surface area contributed by atoms with Crippen molar-refractivity contribution in [3.63, 3.8) is 0 Å². The van der Waals surface area contributed by atoms with Crippen LogP contribution < -0.4 is 5.32 Å². The lowest BCUT2D eigenvalue weighted by molar-refractivity contribution is 0.482. The molecular formula is C15H15FN4O2S2. The molecule has 0 radical (unpaired) electrons. The minimum atomic E-state index is -3.48. The summed E-state index contributed by atoms with van der Waals surface area (Å²) in [7, 11) is -1.96. The predicted octanol–water partition coefficient (Wildman–Crippen LogP) is 2.56. The van der Waals surface area contributed by atoms with E-state index in [-0.39, 0.29) is 12.4 Å². The van der Waals surface area contributed by atoms with Gasteiger partial charge in [0.25, 0.3) is 10.0 Å². The van der Waals surface area contributed by atoms with E-state index in [9.17, 15) is 12.8 Å². The van der Waals surface area contributed by atoms with Gasteiger partial charge in [0.05, 0.1) is 5.52 Å². The SMILES string of the molecule is CN(CCNc1ncnc2ccc(F)cc12)S(=O)(=O)c1cccs1. The van der Waals surface area contributed by atoms with E-state index in [4.69, 9.17) is 0 Å². The number of nitrogens with zero attached hydrogens (tertiary/aromatic N) is 3. The Labute approximate surface area is 143 Å². The first kappa shape index (κ1) is 16.7. The average Bonchev–Trinajstić information content (AvgIpc) is 3.10. The number of hydrogen-bond acceptors (Lipinski definition) is 6. The summed E-state index contributed by atoms with van der Waals surface area (Å²) in [6.07, 6.45) is 1.38. The molecule has 0 bridgehead atoms. The van der Waals surface area contributed by atoms with Gasteiger partial charge in [-0.3, -0.25) is 0 Å². The van der Waals surface area contributed by atoms with Gasteiger partial charge in [-0.05, 0) is 29.6 Å². The smallest absolute Gasteiger partial charge is 0.252 e. The number of benzene rings is 1. The van der Waals surface area contributed by atoms with E-state index >= 15 is 0 Å². The van der Waals surface area contributed by atoms with E-state index in [1.807, 2.05) is 0 Å². The van der Waals surface area contributed by atoms with E-state index in [2.05, 4.69) is 15.3 Å². The van der Waals surface area contributed by atoms with Crippen LogP contribution in [-0.2, 0) is 10.0 Å². The Morgan fingerprint density at radius 3 is 2.88 bits per heavy atom. The van der Waals surface area contributed by atoms with Crippen LogP contribution in [0.5, 0.6) is 0 Å². The molecule has 1 N–H and O–H groups in total. The summed E-state index contributed by atoms with van der Waals surface area (Å²) >= 11 is 1.18. The second kappa shape index (κ2) is 6.80. The van der Waals surface area contributed by atoms with Crippen molar-refractivity contribution in [2.45, 2.75) is 4.21 Å². The molecule has 1 aromatic carbocycles. The maximum absolute atomic E-state index is 13.4. The van der Waals surface area contributed by atoms with Gasteiger partial charge in [-0.25, -0.2) is 22.8 Å². The molecule has 0 saturated carbocycles. The van der Waals surface area contributed by atoms with Crippen LogP contribution in [-0.4, -0.2) is 42.8 Å². The molecule has 2 heterocycles. The van der Waals surface area contributed by atoms with Crippen molar-refractivity contribution in [3.05, 3.63) is 47.9 Å². The van der Waals surface area contributed by atoms with Crippen molar-refractivity contribution < 1.29 is 12.8 Å². The number of sulfonamides is 1. The third-order valence-electron chi connectivity index (χ3n) is 3.48. The van der Waals surface area contributed by atoms with E-state index < -0.39 is 10.0 Å². The normalized spacial score (nSPS) is 12.0. The first-order valence-electron chi connectivity index (χ1n) is 7.12. The van der Waals surface area contributed by atoms with Crippen LogP contribution in [0.15, 0.2) is 46.2 Å². The number of aromatic nitrogens is 2. The van der Waals surface area contributed by atoms with E-state index in [1.54, 1.807) is 23.6 Å². The number of nitrogens with one attached hydrogen (secondary N) is 1. The summed E-state index contributed by atoms with van der Waals surface area (Å²) in [6.45, 7) is 0.588. The molecular weight excluding hydrogens is 351 g/mol. The summed E-state index contributed by atoms with van der Waals surface area (Å²) in [5.41, 5.74) is 0.619. The molecule has 0 aliphatic rings. The zero-order valence-electron chi connectivity index (χ0n) is 12.8. The lowest BCUT2D eigenvalue weighted by Crippen LogP contribution is -2.31. The summed E-state index contributed by atoms with van der Waals surface area (Å²) in [4.78, 5) is 8.18. The van der Waals surface area contributed by atoms with E-state index in [1.165, 1.54) is 41.1 Å². The van der Waals surface area contributed by atoms with Crippen molar-refractivity contribution in [3.8, 4) is 0 Å².